The second-order valence-corrected chi connectivity index (χ2v) is 7.45. The van der Waals surface area contributed by atoms with E-state index in [0.717, 1.165) is 11.3 Å². The molecular weight excluding hydrogens is 394 g/mol. The number of ether oxygens (including phenoxy) is 2. The molecule has 0 saturated carbocycles. The standard InChI is InChI=1S/C24H35N3O4/c1-4-31-16-9-14-26(23(28)18-21-10-6-5-7-11-21)20-24(29)27(15-17-30-3)19-22-12-8-13-25(22)2/h5-8,10-13H,4,9,14-20H2,1-3H3. The zero-order valence-corrected chi connectivity index (χ0v) is 19.0. The number of rotatable bonds is 14. The van der Waals surface area contributed by atoms with E-state index < -0.39 is 0 Å². The molecule has 1 heterocycles. The van der Waals surface area contributed by atoms with Crippen LogP contribution < -0.4 is 0 Å². The molecule has 0 spiro atoms. The number of methoxy groups -OCH3 is 1. The molecule has 1 aromatic heterocycles. The predicted molar refractivity (Wildman–Crippen MR) is 121 cm³/mol. The van der Waals surface area contributed by atoms with Gasteiger partial charge in [-0.2, -0.15) is 0 Å². The van der Waals surface area contributed by atoms with E-state index in [0.29, 0.717) is 45.9 Å². The first-order valence-corrected chi connectivity index (χ1v) is 10.8. The molecule has 0 unspecified atom stereocenters. The first-order chi connectivity index (χ1) is 15.0. The first-order valence-electron chi connectivity index (χ1n) is 10.8. The van der Waals surface area contributed by atoms with E-state index in [4.69, 9.17) is 9.47 Å². The van der Waals surface area contributed by atoms with Gasteiger partial charge in [-0.25, -0.2) is 0 Å². The molecule has 2 rings (SSSR count). The average Bonchev–Trinajstić information content (AvgIpc) is 3.18. The molecule has 0 radical (unpaired) electrons. The lowest BCUT2D eigenvalue weighted by atomic mass is 10.1. The van der Waals surface area contributed by atoms with E-state index in [2.05, 4.69) is 0 Å². The Bertz CT molecular complexity index is 791. The van der Waals surface area contributed by atoms with Gasteiger partial charge in [0, 0.05) is 52.4 Å². The van der Waals surface area contributed by atoms with Gasteiger partial charge in [0.25, 0.3) is 0 Å². The number of carbonyl (C=O) groups is 2. The summed E-state index contributed by atoms with van der Waals surface area (Å²) in [5.74, 6) is -0.141. The van der Waals surface area contributed by atoms with Crippen LogP contribution in [0.4, 0.5) is 0 Å². The summed E-state index contributed by atoms with van der Waals surface area (Å²) in [5, 5.41) is 0. The Hall–Kier alpha value is -2.64. The van der Waals surface area contributed by atoms with Crippen molar-refractivity contribution in [3.05, 3.63) is 59.9 Å². The van der Waals surface area contributed by atoms with Crippen LogP contribution in [0.5, 0.6) is 0 Å². The van der Waals surface area contributed by atoms with Crippen LogP contribution in [0.3, 0.4) is 0 Å². The number of hydrogen-bond acceptors (Lipinski definition) is 4. The van der Waals surface area contributed by atoms with Crippen molar-refractivity contribution in [3.63, 3.8) is 0 Å². The van der Waals surface area contributed by atoms with Crippen LogP contribution in [0.25, 0.3) is 0 Å². The van der Waals surface area contributed by atoms with Gasteiger partial charge in [0.2, 0.25) is 11.8 Å². The number of nitrogens with zero attached hydrogens (tertiary/aromatic N) is 3. The van der Waals surface area contributed by atoms with Gasteiger partial charge in [-0.05, 0) is 31.0 Å². The molecule has 0 atom stereocenters. The Labute approximate surface area is 185 Å². The molecule has 0 aliphatic rings. The number of hydrogen-bond donors (Lipinski definition) is 0. The fourth-order valence-corrected chi connectivity index (χ4v) is 3.29. The van der Waals surface area contributed by atoms with Crippen LogP contribution in [0, 0.1) is 0 Å². The SMILES string of the molecule is CCOCCCN(CC(=O)N(CCOC)Cc1cccn1C)C(=O)Cc1ccccc1. The van der Waals surface area contributed by atoms with E-state index in [1.807, 2.05) is 67.2 Å². The van der Waals surface area contributed by atoms with Gasteiger partial charge in [0.1, 0.15) is 0 Å². The average molecular weight is 430 g/mol. The Balaban J connectivity index is 2.07. The van der Waals surface area contributed by atoms with Crippen molar-refractivity contribution in [1.82, 2.24) is 14.4 Å². The summed E-state index contributed by atoms with van der Waals surface area (Å²) in [7, 11) is 3.58. The molecule has 7 nitrogen and oxygen atoms in total. The maximum atomic E-state index is 13.2. The van der Waals surface area contributed by atoms with Crippen molar-refractivity contribution in [1.29, 1.82) is 0 Å². The maximum Gasteiger partial charge on any atom is 0.242 e. The molecule has 0 N–H and O–H groups in total. The molecule has 1 aromatic carbocycles. The van der Waals surface area contributed by atoms with Crippen molar-refractivity contribution in [2.24, 2.45) is 7.05 Å². The predicted octanol–water partition coefficient (Wildman–Crippen LogP) is 2.50. The van der Waals surface area contributed by atoms with Gasteiger partial charge < -0.3 is 23.8 Å². The van der Waals surface area contributed by atoms with Crippen molar-refractivity contribution >= 4 is 11.8 Å². The smallest absolute Gasteiger partial charge is 0.242 e. The highest BCUT2D eigenvalue weighted by Crippen LogP contribution is 2.09. The van der Waals surface area contributed by atoms with Gasteiger partial charge >= 0.3 is 0 Å². The number of amides is 2. The minimum atomic E-state index is -0.0870. The molecule has 31 heavy (non-hydrogen) atoms. The highest BCUT2D eigenvalue weighted by molar-refractivity contribution is 5.86. The lowest BCUT2D eigenvalue weighted by Gasteiger charge is -2.28. The van der Waals surface area contributed by atoms with Crippen LogP contribution in [0.2, 0.25) is 0 Å². The van der Waals surface area contributed by atoms with E-state index in [1.54, 1.807) is 16.9 Å². The molecule has 0 bridgehead atoms. The topological polar surface area (TPSA) is 64.0 Å². The third-order valence-electron chi connectivity index (χ3n) is 5.12. The lowest BCUT2D eigenvalue weighted by Crippen LogP contribution is -2.44. The number of aryl methyl sites for hydroxylation is 1. The van der Waals surface area contributed by atoms with Crippen LogP contribution in [0.15, 0.2) is 48.7 Å². The number of benzene rings is 1. The Morgan fingerprint density at radius 3 is 2.39 bits per heavy atom. The zero-order chi connectivity index (χ0) is 22.5. The molecule has 0 aliphatic carbocycles. The fourth-order valence-electron chi connectivity index (χ4n) is 3.29. The van der Waals surface area contributed by atoms with Crippen molar-refractivity contribution in [2.75, 3.05) is 46.6 Å². The molecule has 170 valence electrons. The van der Waals surface area contributed by atoms with Gasteiger partial charge in [-0.1, -0.05) is 30.3 Å². The summed E-state index contributed by atoms with van der Waals surface area (Å²) in [6, 6.07) is 13.6. The normalized spacial score (nSPS) is 10.8. The van der Waals surface area contributed by atoms with Crippen LogP contribution >= 0.6 is 0 Å². The molecule has 2 amide bonds. The van der Waals surface area contributed by atoms with E-state index in [9.17, 15) is 9.59 Å². The second-order valence-electron chi connectivity index (χ2n) is 7.45. The van der Waals surface area contributed by atoms with Crippen LogP contribution in [-0.2, 0) is 39.1 Å². The molecule has 2 aromatic rings. The van der Waals surface area contributed by atoms with Crippen molar-refractivity contribution < 1.29 is 19.1 Å². The van der Waals surface area contributed by atoms with Crippen LogP contribution in [0.1, 0.15) is 24.6 Å². The van der Waals surface area contributed by atoms with Gasteiger partial charge in [-0.15, -0.1) is 0 Å². The largest absolute Gasteiger partial charge is 0.383 e. The minimum Gasteiger partial charge on any atom is -0.383 e. The number of aromatic nitrogens is 1. The maximum absolute atomic E-state index is 13.2. The van der Waals surface area contributed by atoms with Gasteiger partial charge in [-0.3, -0.25) is 9.59 Å². The molecule has 7 heteroatoms. The summed E-state index contributed by atoms with van der Waals surface area (Å²) in [6.07, 6.45) is 2.92. The Morgan fingerprint density at radius 1 is 0.968 bits per heavy atom. The molecule has 0 fully saturated rings. The second kappa shape index (κ2) is 13.6. The van der Waals surface area contributed by atoms with E-state index >= 15 is 0 Å². The summed E-state index contributed by atoms with van der Waals surface area (Å²) in [4.78, 5) is 29.6. The van der Waals surface area contributed by atoms with Crippen molar-refractivity contribution in [2.45, 2.75) is 26.3 Å². The van der Waals surface area contributed by atoms with Gasteiger partial charge in [0.05, 0.1) is 26.1 Å². The monoisotopic (exact) mass is 429 g/mol. The fraction of sp³-hybridized carbons (Fsp3) is 0.500. The summed E-state index contributed by atoms with van der Waals surface area (Å²) >= 11 is 0. The Morgan fingerprint density at radius 2 is 1.74 bits per heavy atom. The van der Waals surface area contributed by atoms with E-state index in [-0.39, 0.29) is 24.8 Å². The minimum absolute atomic E-state index is 0.0475. The van der Waals surface area contributed by atoms with E-state index in [1.165, 1.54) is 0 Å². The summed E-state index contributed by atoms with van der Waals surface area (Å²) in [6.45, 7) is 5.07. The third kappa shape index (κ3) is 8.55. The number of carbonyl (C=O) groups excluding carboxylic acids is 2. The summed E-state index contributed by atoms with van der Waals surface area (Å²) < 4.78 is 12.6. The first kappa shape index (κ1) is 24.6. The highest BCUT2D eigenvalue weighted by Gasteiger charge is 2.22. The third-order valence-corrected chi connectivity index (χ3v) is 5.12. The molecular formula is C24H35N3O4. The summed E-state index contributed by atoms with van der Waals surface area (Å²) in [5.41, 5.74) is 1.97. The molecule has 0 saturated heterocycles. The highest BCUT2D eigenvalue weighted by atomic mass is 16.5. The Kier molecular flexibility index (Phi) is 10.8. The van der Waals surface area contributed by atoms with Crippen LogP contribution in [-0.4, -0.2) is 72.7 Å². The molecule has 0 aliphatic heterocycles. The zero-order valence-electron chi connectivity index (χ0n) is 19.0. The lowest BCUT2D eigenvalue weighted by molar-refractivity contribution is -0.141. The van der Waals surface area contributed by atoms with Gasteiger partial charge in [0.15, 0.2) is 0 Å². The van der Waals surface area contributed by atoms with Crippen molar-refractivity contribution in [3.8, 4) is 0 Å². The quantitative estimate of drug-likeness (QED) is 0.433.